The summed E-state index contributed by atoms with van der Waals surface area (Å²) in [4.78, 5) is 20.5. The summed E-state index contributed by atoms with van der Waals surface area (Å²) in [6.45, 7) is 0.565. The van der Waals surface area contributed by atoms with Crippen molar-refractivity contribution in [1.29, 1.82) is 0 Å². The smallest absolute Gasteiger partial charge is 0.273 e. The zero-order valence-corrected chi connectivity index (χ0v) is 14.5. The van der Waals surface area contributed by atoms with E-state index in [1.165, 1.54) is 6.26 Å². The zero-order chi connectivity index (χ0) is 18.5. The van der Waals surface area contributed by atoms with Gasteiger partial charge in [0.05, 0.1) is 0 Å². The largest absolute Gasteiger partial charge is 0.483 e. The van der Waals surface area contributed by atoms with E-state index in [0.29, 0.717) is 18.2 Å². The molecule has 0 unspecified atom stereocenters. The fourth-order valence-corrected chi connectivity index (χ4v) is 2.71. The van der Waals surface area contributed by atoms with E-state index in [9.17, 15) is 4.79 Å². The van der Waals surface area contributed by atoms with Gasteiger partial charge < -0.3 is 14.5 Å². The van der Waals surface area contributed by atoms with Crippen molar-refractivity contribution in [2.75, 3.05) is 0 Å². The summed E-state index contributed by atoms with van der Waals surface area (Å²) < 4.78 is 11.2. The number of nitrogens with one attached hydrogen (secondary N) is 1. The molecular weight excluding hydrogens is 342 g/mol. The van der Waals surface area contributed by atoms with Gasteiger partial charge in [0.2, 0.25) is 5.89 Å². The highest BCUT2D eigenvalue weighted by Crippen LogP contribution is 2.25. The van der Waals surface area contributed by atoms with Crippen molar-refractivity contribution in [3.05, 3.63) is 90.4 Å². The summed E-state index contributed by atoms with van der Waals surface area (Å²) in [5, 5.41) is 4.76. The maximum atomic E-state index is 12.2. The van der Waals surface area contributed by atoms with Crippen molar-refractivity contribution >= 4 is 16.7 Å². The number of carbonyl (C=O) groups excluding carboxylic acids is 1. The molecule has 6 nitrogen and oxygen atoms in total. The minimum absolute atomic E-state index is 0.132. The van der Waals surface area contributed by atoms with Crippen molar-refractivity contribution in [2.45, 2.75) is 13.2 Å². The first-order valence-corrected chi connectivity index (χ1v) is 8.52. The fourth-order valence-electron chi connectivity index (χ4n) is 2.71. The van der Waals surface area contributed by atoms with Crippen LogP contribution in [0.15, 0.2) is 77.7 Å². The molecule has 0 atom stereocenters. The predicted octanol–water partition coefficient (Wildman–Crippen LogP) is 3.73. The van der Waals surface area contributed by atoms with Crippen LogP contribution in [0.2, 0.25) is 0 Å². The van der Waals surface area contributed by atoms with Gasteiger partial charge in [-0.15, -0.1) is 0 Å². The molecule has 0 spiro atoms. The number of rotatable bonds is 6. The standard InChI is InChI=1S/C21H17N3O3/c25-21(23-11-15-5-2-1-3-6-15)18-13-27-20(24-18)14-26-19-8-4-7-16-12-22-10-9-17(16)19/h1-10,12-13H,11,14H2,(H,23,25). The lowest BCUT2D eigenvalue weighted by molar-refractivity contribution is 0.0946. The second-order valence-electron chi connectivity index (χ2n) is 5.94. The maximum Gasteiger partial charge on any atom is 0.273 e. The predicted molar refractivity (Wildman–Crippen MR) is 100 cm³/mol. The monoisotopic (exact) mass is 359 g/mol. The number of aromatic nitrogens is 2. The summed E-state index contributed by atoms with van der Waals surface area (Å²) in [5.41, 5.74) is 1.25. The number of pyridine rings is 1. The zero-order valence-electron chi connectivity index (χ0n) is 14.5. The first kappa shape index (κ1) is 16.8. The number of hydrogen-bond donors (Lipinski definition) is 1. The number of benzene rings is 2. The molecule has 134 valence electrons. The minimum atomic E-state index is -0.287. The topological polar surface area (TPSA) is 77.2 Å². The molecule has 2 heterocycles. The number of carbonyl (C=O) groups is 1. The van der Waals surface area contributed by atoms with Crippen LogP contribution in [0.5, 0.6) is 5.75 Å². The van der Waals surface area contributed by atoms with Gasteiger partial charge in [-0.25, -0.2) is 4.98 Å². The molecule has 0 aliphatic rings. The lowest BCUT2D eigenvalue weighted by Crippen LogP contribution is -2.23. The highest BCUT2D eigenvalue weighted by Gasteiger charge is 2.13. The summed E-state index contributed by atoms with van der Waals surface area (Å²) in [6.07, 6.45) is 4.84. The van der Waals surface area contributed by atoms with Crippen LogP contribution in [-0.4, -0.2) is 15.9 Å². The Morgan fingerprint density at radius 1 is 1.07 bits per heavy atom. The molecule has 2 aromatic carbocycles. The van der Waals surface area contributed by atoms with Gasteiger partial charge in [-0.3, -0.25) is 9.78 Å². The quantitative estimate of drug-likeness (QED) is 0.568. The fraction of sp³-hybridized carbons (Fsp3) is 0.0952. The highest BCUT2D eigenvalue weighted by atomic mass is 16.5. The highest BCUT2D eigenvalue weighted by molar-refractivity contribution is 5.91. The van der Waals surface area contributed by atoms with Crippen molar-refractivity contribution in [1.82, 2.24) is 15.3 Å². The van der Waals surface area contributed by atoms with E-state index in [0.717, 1.165) is 16.3 Å². The molecule has 0 radical (unpaired) electrons. The molecule has 0 aliphatic heterocycles. The first-order chi connectivity index (χ1) is 13.3. The maximum absolute atomic E-state index is 12.2. The van der Waals surface area contributed by atoms with Gasteiger partial charge in [0.1, 0.15) is 12.0 Å². The lowest BCUT2D eigenvalue weighted by Gasteiger charge is -2.07. The molecule has 0 bridgehead atoms. The second kappa shape index (κ2) is 7.70. The van der Waals surface area contributed by atoms with E-state index < -0.39 is 0 Å². The van der Waals surface area contributed by atoms with Gasteiger partial charge >= 0.3 is 0 Å². The van der Waals surface area contributed by atoms with Crippen LogP contribution in [0.4, 0.5) is 0 Å². The number of nitrogens with zero attached hydrogens (tertiary/aromatic N) is 2. The molecule has 0 saturated carbocycles. The molecule has 0 fully saturated rings. The average Bonchev–Trinajstić information content (AvgIpc) is 3.20. The van der Waals surface area contributed by atoms with Gasteiger partial charge in [-0.1, -0.05) is 42.5 Å². The number of hydrogen-bond acceptors (Lipinski definition) is 5. The third-order valence-electron chi connectivity index (χ3n) is 4.07. The van der Waals surface area contributed by atoms with Crippen LogP contribution in [0.1, 0.15) is 21.9 Å². The molecule has 6 heteroatoms. The third kappa shape index (κ3) is 3.95. The summed E-state index contributed by atoms with van der Waals surface area (Å²) >= 11 is 0. The molecule has 1 amide bonds. The number of oxazole rings is 1. The SMILES string of the molecule is O=C(NCc1ccccc1)c1coc(COc2cccc3cnccc23)n1. The van der Waals surface area contributed by atoms with Gasteiger partial charge in [-0.2, -0.15) is 0 Å². The van der Waals surface area contributed by atoms with Crippen molar-refractivity contribution in [3.8, 4) is 5.75 Å². The summed E-state index contributed by atoms with van der Waals surface area (Å²) in [6, 6.07) is 17.3. The number of fused-ring (bicyclic) bond motifs is 1. The molecule has 4 rings (SSSR count). The Morgan fingerprint density at radius 2 is 1.96 bits per heavy atom. The van der Waals surface area contributed by atoms with E-state index in [4.69, 9.17) is 9.15 Å². The summed E-state index contributed by atoms with van der Waals surface area (Å²) in [5.74, 6) is 0.763. The lowest BCUT2D eigenvalue weighted by atomic mass is 10.1. The van der Waals surface area contributed by atoms with E-state index >= 15 is 0 Å². The van der Waals surface area contributed by atoms with E-state index in [1.54, 1.807) is 12.4 Å². The minimum Gasteiger partial charge on any atom is -0.483 e. The van der Waals surface area contributed by atoms with Crippen LogP contribution in [-0.2, 0) is 13.2 Å². The molecule has 27 heavy (non-hydrogen) atoms. The van der Waals surface area contributed by atoms with Crippen molar-refractivity contribution < 1.29 is 13.9 Å². The Labute approximate surface area is 155 Å². The van der Waals surface area contributed by atoms with E-state index in [1.807, 2.05) is 54.6 Å². The van der Waals surface area contributed by atoms with E-state index in [-0.39, 0.29) is 18.2 Å². The average molecular weight is 359 g/mol. The van der Waals surface area contributed by atoms with Crippen LogP contribution < -0.4 is 10.1 Å². The Balaban J connectivity index is 1.38. The van der Waals surface area contributed by atoms with Crippen molar-refractivity contribution in [3.63, 3.8) is 0 Å². The second-order valence-corrected chi connectivity index (χ2v) is 5.94. The summed E-state index contributed by atoms with van der Waals surface area (Å²) in [7, 11) is 0. The molecule has 0 saturated heterocycles. The van der Waals surface area contributed by atoms with Crippen LogP contribution >= 0.6 is 0 Å². The van der Waals surface area contributed by atoms with Gasteiger partial charge in [-0.05, 0) is 17.7 Å². The molecule has 4 aromatic rings. The normalized spacial score (nSPS) is 10.7. The Kier molecular flexibility index (Phi) is 4.78. The van der Waals surface area contributed by atoms with Crippen LogP contribution in [0, 0.1) is 0 Å². The molecule has 0 aliphatic carbocycles. The Morgan fingerprint density at radius 3 is 2.85 bits per heavy atom. The van der Waals surface area contributed by atoms with E-state index in [2.05, 4.69) is 15.3 Å². The van der Waals surface area contributed by atoms with Gasteiger partial charge in [0.15, 0.2) is 12.3 Å². The first-order valence-electron chi connectivity index (χ1n) is 8.52. The Bertz CT molecular complexity index is 1060. The number of amides is 1. The van der Waals surface area contributed by atoms with Gasteiger partial charge in [0, 0.05) is 29.7 Å². The molecule has 1 N–H and O–H groups in total. The molecule has 2 aromatic heterocycles. The third-order valence-corrected chi connectivity index (χ3v) is 4.07. The molecular formula is C21H17N3O3. The van der Waals surface area contributed by atoms with Crippen LogP contribution in [0.3, 0.4) is 0 Å². The number of ether oxygens (including phenoxy) is 1. The van der Waals surface area contributed by atoms with Gasteiger partial charge in [0.25, 0.3) is 5.91 Å². The Hall–Kier alpha value is -3.67. The van der Waals surface area contributed by atoms with Crippen molar-refractivity contribution in [2.24, 2.45) is 0 Å². The van der Waals surface area contributed by atoms with Crippen LogP contribution in [0.25, 0.3) is 10.8 Å².